The topological polar surface area (TPSA) is 61.5 Å². The molecule has 0 amide bonds. The van der Waals surface area contributed by atoms with Crippen LogP contribution in [-0.4, -0.2) is 12.3 Å². The Morgan fingerprint density at radius 1 is 1.45 bits per heavy atom. The van der Waals surface area contributed by atoms with Crippen molar-refractivity contribution in [1.29, 1.82) is 0 Å². The van der Waals surface area contributed by atoms with Gasteiger partial charge < -0.3 is 5.73 Å². The molecule has 1 aromatic rings. The van der Waals surface area contributed by atoms with Gasteiger partial charge in [-0.1, -0.05) is 12.1 Å². The maximum absolute atomic E-state index is 9.15. The molecule has 0 spiro atoms. The molecule has 0 saturated carbocycles. The van der Waals surface area contributed by atoms with Crippen LogP contribution in [-0.2, 0) is 0 Å². The summed E-state index contributed by atoms with van der Waals surface area (Å²) in [5, 5.41) is 10.0. The van der Waals surface area contributed by atoms with Crippen molar-refractivity contribution in [3.05, 3.63) is 24.3 Å². The maximum atomic E-state index is 9.15. The largest absolute Gasteiger partial charge is 0.397 e. The fourth-order valence-corrected chi connectivity index (χ4v) is 0.801. The average Bonchev–Trinajstić information content (AvgIpc) is 2.04. The highest BCUT2D eigenvalue weighted by Gasteiger charge is 2.01. The van der Waals surface area contributed by atoms with E-state index in [-0.39, 0.29) is 0 Å². The average molecular weight is 153 g/mol. The molecule has 60 valence electrons. The van der Waals surface area contributed by atoms with Gasteiger partial charge in [0.15, 0.2) is 0 Å². The first-order valence-electron chi connectivity index (χ1n) is 3.26. The van der Waals surface area contributed by atoms with Gasteiger partial charge in [-0.2, -0.15) is 5.17 Å². The van der Waals surface area contributed by atoms with Gasteiger partial charge in [0.05, 0.1) is 5.69 Å². The number of anilines is 2. The maximum Gasteiger partial charge on any atom is 0.105 e. The lowest BCUT2D eigenvalue weighted by molar-refractivity contribution is 0.222. The Morgan fingerprint density at radius 3 is 2.64 bits per heavy atom. The minimum atomic E-state index is 0.532. The molecular formula is C7H11N3O. The van der Waals surface area contributed by atoms with E-state index < -0.39 is 0 Å². The van der Waals surface area contributed by atoms with Gasteiger partial charge in [-0.25, -0.2) is 5.43 Å². The van der Waals surface area contributed by atoms with E-state index in [1.165, 1.54) is 0 Å². The zero-order valence-corrected chi connectivity index (χ0v) is 6.28. The standard InChI is InChI=1S/C7H11N3O/c1-9-10(11)7-5-3-2-4-6(7)8/h2-5,9,11H,8H2,1H3. The van der Waals surface area contributed by atoms with Gasteiger partial charge in [-0.3, -0.25) is 5.21 Å². The van der Waals surface area contributed by atoms with Crippen LogP contribution in [0.1, 0.15) is 0 Å². The second kappa shape index (κ2) is 3.23. The highest BCUT2D eigenvalue weighted by molar-refractivity contribution is 5.65. The van der Waals surface area contributed by atoms with Crippen LogP contribution in [0.3, 0.4) is 0 Å². The van der Waals surface area contributed by atoms with Crippen molar-refractivity contribution < 1.29 is 5.21 Å². The van der Waals surface area contributed by atoms with E-state index in [0.717, 1.165) is 5.17 Å². The van der Waals surface area contributed by atoms with Crippen LogP contribution in [0.25, 0.3) is 0 Å². The lowest BCUT2D eigenvalue weighted by atomic mass is 10.3. The summed E-state index contributed by atoms with van der Waals surface area (Å²) < 4.78 is 0. The summed E-state index contributed by atoms with van der Waals surface area (Å²) in [7, 11) is 1.60. The molecule has 0 aliphatic heterocycles. The molecule has 0 saturated heterocycles. The first-order chi connectivity index (χ1) is 5.25. The Balaban J connectivity index is 2.93. The summed E-state index contributed by atoms with van der Waals surface area (Å²) in [6.45, 7) is 0. The molecule has 0 aliphatic rings. The summed E-state index contributed by atoms with van der Waals surface area (Å²) in [4.78, 5) is 0. The van der Waals surface area contributed by atoms with E-state index in [9.17, 15) is 0 Å². The van der Waals surface area contributed by atoms with Crippen molar-refractivity contribution in [2.75, 3.05) is 18.0 Å². The molecule has 0 heterocycles. The Kier molecular flexibility index (Phi) is 2.30. The smallest absolute Gasteiger partial charge is 0.105 e. The normalized spacial score (nSPS) is 9.64. The Labute approximate surface area is 65.2 Å². The van der Waals surface area contributed by atoms with Crippen LogP contribution < -0.4 is 16.3 Å². The lowest BCUT2D eigenvalue weighted by Crippen LogP contribution is -2.31. The zero-order chi connectivity index (χ0) is 8.27. The van der Waals surface area contributed by atoms with Crippen LogP contribution in [0.5, 0.6) is 0 Å². The number of hydrogen-bond acceptors (Lipinski definition) is 4. The number of hydrazine groups is 1. The molecule has 0 fully saturated rings. The summed E-state index contributed by atoms with van der Waals surface area (Å²) in [6.07, 6.45) is 0. The van der Waals surface area contributed by atoms with E-state index >= 15 is 0 Å². The highest BCUT2D eigenvalue weighted by atomic mass is 16.5. The molecule has 0 atom stereocenters. The van der Waals surface area contributed by atoms with E-state index in [4.69, 9.17) is 10.9 Å². The number of nitrogen functional groups attached to an aromatic ring is 1. The molecule has 1 rings (SSSR count). The van der Waals surface area contributed by atoms with E-state index in [1.54, 1.807) is 25.2 Å². The molecule has 4 N–H and O–H groups in total. The predicted molar refractivity (Wildman–Crippen MR) is 44.2 cm³/mol. The Hall–Kier alpha value is -1.26. The van der Waals surface area contributed by atoms with Gasteiger partial charge in [0.1, 0.15) is 5.69 Å². The third kappa shape index (κ3) is 1.60. The lowest BCUT2D eigenvalue weighted by Gasteiger charge is -2.16. The number of nitrogens with one attached hydrogen (secondary N) is 1. The summed E-state index contributed by atoms with van der Waals surface area (Å²) in [5.74, 6) is 0. The monoisotopic (exact) mass is 153 g/mol. The van der Waals surface area contributed by atoms with Crippen LogP contribution >= 0.6 is 0 Å². The van der Waals surface area contributed by atoms with Crippen molar-refractivity contribution in [1.82, 2.24) is 5.43 Å². The van der Waals surface area contributed by atoms with Crippen molar-refractivity contribution in [3.8, 4) is 0 Å². The molecule has 1 aromatic carbocycles. The molecule has 4 nitrogen and oxygen atoms in total. The number of para-hydroxylation sites is 2. The number of nitrogens with two attached hydrogens (primary N) is 1. The van der Waals surface area contributed by atoms with E-state index in [0.29, 0.717) is 11.4 Å². The molecule has 0 bridgehead atoms. The predicted octanol–water partition coefficient (Wildman–Crippen LogP) is 0.599. The minimum absolute atomic E-state index is 0.532. The molecule has 11 heavy (non-hydrogen) atoms. The third-order valence-corrected chi connectivity index (χ3v) is 1.38. The zero-order valence-electron chi connectivity index (χ0n) is 6.28. The van der Waals surface area contributed by atoms with Crippen molar-refractivity contribution >= 4 is 11.4 Å². The van der Waals surface area contributed by atoms with Gasteiger partial charge in [-0.15, -0.1) is 0 Å². The van der Waals surface area contributed by atoms with Crippen molar-refractivity contribution in [3.63, 3.8) is 0 Å². The van der Waals surface area contributed by atoms with Crippen LogP contribution in [0.4, 0.5) is 11.4 Å². The van der Waals surface area contributed by atoms with Gasteiger partial charge in [0.2, 0.25) is 0 Å². The second-order valence-corrected chi connectivity index (χ2v) is 2.09. The molecule has 0 aromatic heterocycles. The van der Waals surface area contributed by atoms with Gasteiger partial charge in [0, 0.05) is 7.05 Å². The first kappa shape index (κ1) is 7.84. The quantitative estimate of drug-likeness (QED) is 0.430. The van der Waals surface area contributed by atoms with E-state index in [1.807, 2.05) is 6.07 Å². The second-order valence-electron chi connectivity index (χ2n) is 2.09. The van der Waals surface area contributed by atoms with Crippen molar-refractivity contribution in [2.45, 2.75) is 0 Å². The molecule has 0 aliphatic carbocycles. The SMILES string of the molecule is CNN(O)c1ccccc1N. The summed E-state index contributed by atoms with van der Waals surface area (Å²) >= 11 is 0. The summed E-state index contributed by atoms with van der Waals surface area (Å²) in [5.41, 5.74) is 9.17. The van der Waals surface area contributed by atoms with Gasteiger partial charge in [0.25, 0.3) is 0 Å². The molecule has 0 unspecified atom stereocenters. The summed E-state index contributed by atoms with van der Waals surface area (Å²) in [6, 6.07) is 7.04. The van der Waals surface area contributed by atoms with Crippen LogP contribution in [0.2, 0.25) is 0 Å². The number of nitrogens with zero attached hydrogens (tertiary/aromatic N) is 1. The molecule has 4 heteroatoms. The molecular weight excluding hydrogens is 142 g/mol. The van der Waals surface area contributed by atoms with E-state index in [2.05, 4.69) is 5.43 Å². The molecule has 0 radical (unpaired) electrons. The third-order valence-electron chi connectivity index (χ3n) is 1.38. The Bertz CT molecular complexity index is 239. The Morgan fingerprint density at radius 2 is 2.09 bits per heavy atom. The fourth-order valence-electron chi connectivity index (χ4n) is 0.801. The van der Waals surface area contributed by atoms with Crippen LogP contribution in [0, 0.1) is 0 Å². The minimum Gasteiger partial charge on any atom is -0.397 e. The van der Waals surface area contributed by atoms with Gasteiger partial charge in [-0.05, 0) is 12.1 Å². The number of benzene rings is 1. The first-order valence-corrected chi connectivity index (χ1v) is 3.26. The van der Waals surface area contributed by atoms with Gasteiger partial charge >= 0.3 is 0 Å². The number of hydrogen-bond donors (Lipinski definition) is 3. The van der Waals surface area contributed by atoms with Crippen LogP contribution in [0.15, 0.2) is 24.3 Å². The highest BCUT2D eigenvalue weighted by Crippen LogP contribution is 2.18. The van der Waals surface area contributed by atoms with Crippen molar-refractivity contribution in [2.24, 2.45) is 0 Å². The number of rotatable bonds is 2. The fraction of sp³-hybridized carbons (Fsp3) is 0.143.